The highest BCUT2D eigenvalue weighted by Crippen LogP contribution is 2.39. The first-order valence-electron chi connectivity index (χ1n) is 13.4. The fourth-order valence-corrected chi connectivity index (χ4v) is 5.59. The van der Waals surface area contributed by atoms with Crippen LogP contribution in [0.2, 0.25) is 0 Å². The number of carbonyl (C=O) groups excluding carboxylic acids is 1. The minimum Gasteiger partial charge on any atom is -0.388 e. The lowest BCUT2D eigenvalue weighted by Gasteiger charge is -2.41. The molecule has 3 aromatic rings. The van der Waals surface area contributed by atoms with Gasteiger partial charge in [-0.2, -0.15) is 5.21 Å². The predicted octanol–water partition coefficient (Wildman–Crippen LogP) is 6.12. The number of amides is 2. The van der Waals surface area contributed by atoms with Gasteiger partial charge in [0.1, 0.15) is 0 Å². The maximum Gasteiger partial charge on any atom is 0.318 e. The summed E-state index contributed by atoms with van der Waals surface area (Å²) in [6.45, 7) is 9.49. The molecule has 1 heterocycles. The van der Waals surface area contributed by atoms with Crippen molar-refractivity contribution in [1.29, 1.82) is 0 Å². The number of H-pyrrole nitrogens is 1. The minimum atomic E-state index is -0.722. The number of aliphatic hydroxyl groups is 1. The number of nitrogens with zero attached hydrogens (tertiary/aromatic N) is 4. The van der Waals surface area contributed by atoms with Crippen LogP contribution in [0.5, 0.6) is 0 Å². The largest absolute Gasteiger partial charge is 0.388 e. The molecule has 0 saturated heterocycles. The van der Waals surface area contributed by atoms with Gasteiger partial charge in [-0.05, 0) is 72.8 Å². The number of aromatic amines is 1. The second-order valence-electron chi connectivity index (χ2n) is 11.5. The number of hydrogen-bond acceptors (Lipinski definition) is 5. The lowest BCUT2D eigenvalue weighted by molar-refractivity contribution is 0.103. The van der Waals surface area contributed by atoms with Gasteiger partial charge in [0.25, 0.3) is 0 Å². The van der Waals surface area contributed by atoms with Crippen molar-refractivity contribution in [2.24, 2.45) is 11.3 Å². The van der Waals surface area contributed by atoms with Crippen LogP contribution in [0.4, 0.5) is 4.79 Å². The standard InChI is InChI=1S/C29H39BrN6O2/c1-19(21-9-13-24(30)14-10-21)31-28(38)36(25-15-11-23(12-16-25)29(2,3)4)18-20-5-7-22(8-6-20)26(37)17-27-32-34-35-33-27/h5-10,13-14,19,23,25-26,37H,11-12,15-18H2,1-4H3,(H,31,38)(H,32,33,34,35)/t19-,23-,25-,26?/m0/s1. The molecule has 9 heteroatoms. The first-order valence-corrected chi connectivity index (χ1v) is 14.2. The van der Waals surface area contributed by atoms with Gasteiger partial charge in [-0.15, -0.1) is 10.2 Å². The molecule has 0 spiro atoms. The van der Waals surface area contributed by atoms with Crippen molar-refractivity contribution in [2.45, 2.75) is 84.5 Å². The van der Waals surface area contributed by atoms with E-state index in [0.29, 0.717) is 18.3 Å². The maximum atomic E-state index is 13.7. The Balaban J connectivity index is 1.47. The highest BCUT2D eigenvalue weighted by atomic mass is 79.9. The van der Waals surface area contributed by atoms with Gasteiger partial charge >= 0.3 is 6.03 Å². The molecule has 1 aromatic heterocycles. The van der Waals surface area contributed by atoms with Crippen molar-refractivity contribution < 1.29 is 9.90 Å². The zero-order valence-electron chi connectivity index (χ0n) is 22.7. The lowest BCUT2D eigenvalue weighted by atomic mass is 9.71. The van der Waals surface area contributed by atoms with Crippen LogP contribution in [0, 0.1) is 11.3 Å². The average Bonchev–Trinajstić information content (AvgIpc) is 3.40. The summed E-state index contributed by atoms with van der Waals surface area (Å²) in [6.07, 6.45) is 3.83. The topological polar surface area (TPSA) is 107 Å². The van der Waals surface area contributed by atoms with Crippen LogP contribution in [0.15, 0.2) is 53.0 Å². The number of rotatable bonds is 8. The van der Waals surface area contributed by atoms with Crippen molar-refractivity contribution in [3.63, 3.8) is 0 Å². The maximum absolute atomic E-state index is 13.7. The van der Waals surface area contributed by atoms with Crippen molar-refractivity contribution in [1.82, 2.24) is 30.8 Å². The van der Waals surface area contributed by atoms with Gasteiger partial charge in [-0.25, -0.2) is 4.79 Å². The number of aliphatic hydroxyl groups excluding tert-OH is 1. The summed E-state index contributed by atoms with van der Waals surface area (Å²) in [6, 6.07) is 15.9. The average molecular weight is 584 g/mol. The highest BCUT2D eigenvalue weighted by molar-refractivity contribution is 9.10. The number of urea groups is 1. The van der Waals surface area contributed by atoms with Crippen molar-refractivity contribution >= 4 is 22.0 Å². The molecular formula is C29H39BrN6O2. The Bertz CT molecular complexity index is 1150. The molecule has 0 bridgehead atoms. The Kier molecular flexibility index (Phi) is 9.20. The SMILES string of the molecule is C[C@H](NC(=O)N(Cc1ccc(C(O)Cc2nn[nH]n2)cc1)[C@H]1CC[C@H](C(C)(C)C)CC1)c1ccc(Br)cc1. The quantitative estimate of drug-likeness (QED) is 0.297. The Hall–Kier alpha value is -2.78. The number of nitrogens with one attached hydrogen (secondary N) is 2. The molecule has 2 aromatic carbocycles. The minimum absolute atomic E-state index is 0.0409. The Morgan fingerprint density at radius 1 is 1.08 bits per heavy atom. The van der Waals surface area contributed by atoms with Crippen LogP contribution >= 0.6 is 15.9 Å². The summed E-state index contributed by atoms with van der Waals surface area (Å²) in [4.78, 5) is 15.7. The zero-order chi connectivity index (χ0) is 27.3. The molecule has 1 aliphatic rings. The summed E-state index contributed by atoms with van der Waals surface area (Å²) in [5, 5.41) is 27.6. The van der Waals surface area contributed by atoms with Crippen LogP contribution in [-0.4, -0.2) is 42.7 Å². The monoisotopic (exact) mass is 582 g/mol. The van der Waals surface area contributed by atoms with E-state index in [1.165, 1.54) is 0 Å². The molecule has 1 unspecified atom stereocenters. The Labute approximate surface area is 233 Å². The van der Waals surface area contributed by atoms with Crippen LogP contribution in [0.1, 0.15) is 88.0 Å². The fourth-order valence-electron chi connectivity index (χ4n) is 5.32. The summed E-state index contributed by atoms with van der Waals surface area (Å²) in [5.74, 6) is 1.14. The van der Waals surface area contributed by atoms with E-state index >= 15 is 0 Å². The lowest BCUT2D eigenvalue weighted by Crippen LogP contribution is -2.48. The van der Waals surface area contributed by atoms with Gasteiger partial charge in [-0.1, -0.05) is 78.3 Å². The second-order valence-corrected chi connectivity index (χ2v) is 12.4. The highest BCUT2D eigenvalue weighted by Gasteiger charge is 2.34. The molecule has 1 fully saturated rings. The summed E-state index contributed by atoms with van der Waals surface area (Å²) < 4.78 is 1.02. The molecule has 1 saturated carbocycles. The fraction of sp³-hybridized carbons (Fsp3) is 0.517. The predicted molar refractivity (Wildman–Crippen MR) is 151 cm³/mol. The molecule has 38 heavy (non-hydrogen) atoms. The van der Waals surface area contributed by atoms with E-state index in [2.05, 4.69) is 62.6 Å². The van der Waals surface area contributed by atoms with Crippen LogP contribution in [-0.2, 0) is 13.0 Å². The third-order valence-electron chi connectivity index (χ3n) is 7.82. The normalized spacial score (nSPS) is 19.5. The van der Waals surface area contributed by atoms with E-state index in [-0.39, 0.29) is 30.0 Å². The summed E-state index contributed by atoms with van der Waals surface area (Å²) >= 11 is 3.48. The van der Waals surface area contributed by atoms with Crippen LogP contribution in [0.25, 0.3) is 0 Å². The molecule has 4 rings (SSSR count). The van der Waals surface area contributed by atoms with Gasteiger partial charge in [0.05, 0.1) is 12.1 Å². The van der Waals surface area contributed by atoms with E-state index in [9.17, 15) is 9.90 Å². The Morgan fingerprint density at radius 2 is 1.71 bits per heavy atom. The summed E-state index contributed by atoms with van der Waals surface area (Å²) in [7, 11) is 0. The van der Waals surface area contributed by atoms with E-state index < -0.39 is 6.10 Å². The van der Waals surface area contributed by atoms with Crippen molar-refractivity contribution in [2.75, 3.05) is 0 Å². The number of tetrazole rings is 1. The molecular weight excluding hydrogens is 544 g/mol. The number of aromatic nitrogens is 4. The molecule has 2 atom stereocenters. The van der Waals surface area contributed by atoms with Crippen LogP contribution in [0.3, 0.4) is 0 Å². The smallest absolute Gasteiger partial charge is 0.318 e. The first-order chi connectivity index (χ1) is 18.1. The number of carbonyl (C=O) groups is 1. The van der Waals surface area contributed by atoms with Gasteiger partial charge in [0.15, 0.2) is 5.82 Å². The second kappa shape index (κ2) is 12.4. The van der Waals surface area contributed by atoms with E-state index in [1.54, 1.807) is 0 Å². The van der Waals surface area contributed by atoms with Crippen molar-refractivity contribution in [3.8, 4) is 0 Å². The Morgan fingerprint density at radius 3 is 2.29 bits per heavy atom. The third kappa shape index (κ3) is 7.41. The molecule has 0 aliphatic heterocycles. The van der Waals surface area contributed by atoms with Gasteiger partial charge in [0.2, 0.25) is 0 Å². The van der Waals surface area contributed by atoms with E-state index in [0.717, 1.165) is 46.8 Å². The molecule has 2 amide bonds. The van der Waals surface area contributed by atoms with E-state index in [1.807, 2.05) is 60.4 Å². The van der Waals surface area contributed by atoms with Crippen molar-refractivity contribution in [3.05, 3.63) is 75.5 Å². The number of halogens is 1. The van der Waals surface area contributed by atoms with Gasteiger partial charge < -0.3 is 15.3 Å². The third-order valence-corrected chi connectivity index (χ3v) is 8.34. The van der Waals surface area contributed by atoms with E-state index in [4.69, 9.17) is 0 Å². The van der Waals surface area contributed by atoms with Crippen LogP contribution < -0.4 is 5.32 Å². The van der Waals surface area contributed by atoms with Gasteiger partial charge in [0, 0.05) is 23.5 Å². The molecule has 3 N–H and O–H groups in total. The molecule has 1 aliphatic carbocycles. The number of benzene rings is 2. The molecule has 204 valence electrons. The molecule has 0 radical (unpaired) electrons. The summed E-state index contributed by atoms with van der Waals surface area (Å²) in [5.41, 5.74) is 3.17. The van der Waals surface area contributed by atoms with Gasteiger partial charge in [-0.3, -0.25) is 0 Å². The molecule has 8 nitrogen and oxygen atoms in total. The first kappa shape index (κ1) is 28.2. The number of hydrogen-bond donors (Lipinski definition) is 3. The zero-order valence-corrected chi connectivity index (χ0v) is 24.3.